The van der Waals surface area contributed by atoms with Gasteiger partial charge in [-0.3, -0.25) is 0 Å². The van der Waals surface area contributed by atoms with Gasteiger partial charge in [0.05, 0.1) is 6.61 Å². The lowest BCUT2D eigenvalue weighted by molar-refractivity contribution is 0.265. The van der Waals surface area contributed by atoms with Crippen LogP contribution >= 0.6 is 0 Å². The van der Waals surface area contributed by atoms with E-state index in [0.29, 0.717) is 12.0 Å². The molecule has 14 heavy (non-hydrogen) atoms. The lowest BCUT2D eigenvalue weighted by Crippen LogP contribution is -2.27. The summed E-state index contributed by atoms with van der Waals surface area (Å²) in [6.07, 6.45) is 0.347. The Balaban J connectivity index is 2.94. The summed E-state index contributed by atoms with van der Waals surface area (Å²) in [5.74, 6) is -1.70. The van der Waals surface area contributed by atoms with Crippen molar-refractivity contribution >= 4 is 0 Å². The summed E-state index contributed by atoms with van der Waals surface area (Å²) in [4.78, 5) is 0. The molecule has 0 fully saturated rings. The smallest absolute Gasteiger partial charge is 0.161 e. The number of halogens is 2. The molecule has 0 heterocycles. The van der Waals surface area contributed by atoms with Crippen LogP contribution in [-0.2, 0) is 6.42 Å². The molecule has 0 bridgehead atoms. The van der Waals surface area contributed by atoms with Crippen molar-refractivity contribution in [2.75, 3.05) is 6.61 Å². The molecule has 3 N–H and O–H groups in total. The van der Waals surface area contributed by atoms with Crippen molar-refractivity contribution < 1.29 is 13.9 Å². The van der Waals surface area contributed by atoms with Gasteiger partial charge in [-0.15, -0.1) is 0 Å². The van der Waals surface area contributed by atoms with Crippen LogP contribution < -0.4 is 5.73 Å². The molecule has 1 rings (SSSR count). The van der Waals surface area contributed by atoms with Gasteiger partial charge < -0.3 is 10.8 Å². The third-order valence-corrected chi connectivity index (χ3v) is 2.17. The predicted octanol–water partition coefficient (Wildman–Crippen LogP) is 1.14. The van der Waals surface area contributed by atoms with Crippen molar-refractivity contribution in [1.82, 2.24) is 0 Å². The van der Waals surface area contributed by atoms with Crippen molar-refractivity contribution in [3.8, 4) is 0 Å². The summed E-state index contributed by atoms with van der Waals surface area (Å²) in [6, 6.07) is 2.13. The van der Waals surface area contributed by atoms with Crippen LogP contribution in [0.15, 0.2) is 12.1 Å². The third-order valence-electron chi connectivity index (χ3n) is 2.17. The largest absolute Gasteiger partial charge is 0.395 e. The molecular formula is C10H13F2NO. The zero-order chi connectivity index (χ0) is 10.7. The number of nitrogens with two attached hydrogens (primary N) is 1. The topological polar surface area (TPSA) is 46.2 Å². The minimum absolute atomic E-state index is 0.168. The van der Waals surface area contributed by atoms with Gasteiger partial charge in [-0.1, -0.05) is 6.07 Å². The van der Waals surface area contributed by atoms with E-state index in [1.165, 1.54) is 13.0 Å². The predicted molar refractivity (Wildman–Crippen MR) is 49.9 cm³/mol. The van der Waals surface area contributed by atoms with Crippen LogP contribution in [0.5, 0.6) is 0 Å². The van der Waals surface area contributed by atoms with E-state index in [1.54, 1.807) is 0 Å². The molecule has 0 saturated heterocycles. The summed E-state index contributed by atoms with van der Waals surface area (Å²) < 4.78 is 25.8. The average molecular weight is 201 g/mol. The van der Waals surface area contributed by atoms with Crippen molar-refractivity contribution in [3.05, 3.63) is 34.9 Å². The molecule has 0 spiro atoms. The highest BCUT2D eigenvalue weighted by Gasteiger charge is 2.11. The van der Waals surface area contributed by atoms with Crippen LogP contribution in [0.1, 0.15) is 11.1 Å². The minimum Gasteiger partial charge on any atom is -0.395 e. The number of benzene rings is 1. The summed E-state index contributed by atoms with van der Waals surface area (Å²) in [7, 11) is 0. The maximum absolute atomic E-state index is 13.1. The van der Waals surface area contributed by atoms with Crippen molar-refractivity contribution in [1.29, 1.82) is 0 Å². The van der Waals surface area contributed by atoms with Gasteiger partial charge in [0.2, 0.25) is 0 Å². The third kappa shape index (κ3) is 2.27. The fraction of sp³-hybridized carbons (Fsp3) is 0.400. The van der Waals surface area contributed by atoms with Gasteiger partial charge in [0.1, 0.15) is 0 Å². The van der Waals surface area contributed by atoms with Gasteiger partial charge in [-0.25, -0.2) is 8.78 Å². The quantitative estimate of drug-likeness (QED) is 0.770. The highest BCUT2D eigenvalue weighted by atomic mass is 19.2. The molecule has 1 aromatic rings. The standard InChI is InChI=1S/C10H13F2NO/c1-6-7(4-8(13)5-14)2-3-9(11)10(6)12/h2-3,8,14H,4-5,13H2,1H3. The van der Waals surface area contributed by atoms with E-state index >= 15 is 0 Å². The molecule has 2 nitrogen and oxygen atoms in total. The van der Waals surface area contributed by atoms with E-state index in [9.17, 15) is 8.78 Å². The Hall–Kier alpha value is -1.00. The molecule has 78 valence electrons. The van der Waals surface area contributed by atoms with Gasteiger partial charge >= 0.3 is 0 Å². The molecule has 0 aromatic heterocycles. The van der Waals surface area contributed by atoms with E-state index in [0.717, 1.165) is 6.07 Å². The van der Waals surface area contributed by atoms with Gasteiger partial charge in [0.15, 0.2) is 11.6 Å². The Morgan fingerprint density at radius 2 is 2.07 bits per heavy atom. The lowest BCUT2D eigenvalue weighted by atomic mass is 10.0. The van der Waals surface area contributed by atoms with E-state index < -0.39 is 17.7 Å². The molecule has 1 unspecified atom stereocenters. The normalized spacial score (nSPS) is 12.9. The van der Waals surface area contributed by atoms with Gasteiger partial charge in [-0.05, 0) is 30.5 Å². The zero-order valence-corrected chi connectivity index (χ0v) is 7.93. The minimum atomic E-state index is -0.858. The van der Waals surface area contributed by atoms with Crippen LogP contribution in [0, 0.1) is 18.6 Å². The molecule has 0 aliphatic heterocycles. The van der Waals surface area contributed by atoms with Crippen LogP contribution in [0.3, 0.4) is 0 Å². The summed E-state index contributed by atoms with van der Waals surface area (Å²) in [6.45, 7) is 1.33. The summed E-state index contributed by atoms with van der Waals surface area (Å²) in [5, 5.41) is 8.72. The van der Waals surface area contributed by atoms with Crippen molar-refractivity contribution in [2.24, 2.45) is 5.73 Å². The summed E-state index contributed by atoms with van der Waals surface area (Å²) >= 11 is 0. The fourth-order valence-electron chi connectivity index (χ4n) is 1.26. The fourth-order valence-corrected chi connectivity index (χ4v) is 1.26. The van der Waals surface area contributed by atoms with Crippen LogP contribution in [0.4, 0.5) is 8.78 Å². The van der Waals surface area contributed by atoms with E-state index in [-0.39, 0.29) is 12.2 Å². The second-order valence-electron chi connectivity index (χ2n) is 3.29. The number of hydrogen-bond donors (Lipinski definition) is 2. The number of hydrogen-bond acceptors (Lipinski definition) is 2. The Kier molecular flexibility index (Phi) is 3.55. The van der Waals surface area contributed by atoms with Gasteiger partial charge in [0.25, 0.3) is 0 Å². The molecule has 0 radical (unpaired) electrons. The molecule has 1 aromatic carbocycles. The first-order chi connectivity index (χ1) is 6.56. The van der Waals surface area contributed by atoms with Crippen LogP contribution in [-0.4, -0.2) is 17.8 Å². The molecule has 0 saturated carbocycles. The molecule has 0 amide bonds. The number of rotatable bonds is 3. The van der Waals surface area contributed by atoms with Crippen molar-refractivity contribution in [2.45, 2.75) is 19.4 Å². The molecule has 4 heteroatoms. The first-order valence-electron chi connectivity index (χ1n) is 4.36. The van der Waals surface area contributed by atoms with E-state index in [2.05, 4.69) is 0 Å². The van der Waals surface area contributed by atoms with Crippen LogP contribution in [0.2, 0.25) is 0 Å². The van der Waals surface area contributed by atoms with E-state index in [4.69, 9.17) is 10.8 Å². The molecule has 1 atom stereocenters. The molecule has 0 aliphatic carbocycles. The monoisotopic (exact) mass is 201 g/mol. The summed E-state index contributed by atoms with van der Waals surface area (Å²) in [5.41, 5.74) is 6.38. The Bertz CT molecular complexity index is 328. The Morgan fingerprint density at radius 3 is 2.64 bits per heavy atom. The van der Waals surface area contributed by atoms with Gasteiger partial charge in [0, 0.05) is 6.04 Å². The highest BCUT2D eigenvalue weighted by molar-refractivity contribution is 5.29. The average Bonchev–Trinajstić information content (AvgIpc) is 2.19. The van der Waals surface area contributed by atoms with Crippen LogP contribution in [0.25, 0.3) is 0 Å². The maximum Gasteiger partial charge on any atom is 0.161 e. The van der Waals surface area contributed by atoms with Gasteiger partial charge in [-0.2, -0.15) is 0 Å². The number of aliphatic hydroxyl groups is 1. The zero-order valence-electron chi connectivity index (χ0n) is 7.93. The highest BCUT2D eigenvalue weighted by Crippen LogP contribution is 2.16. The number of aliphatic hydroxyl groups excluding tert-OH is 1. The maximum atomic E-state index is 13.1. The first-order valence-corrected chi connectivity index (χ1v) is 4.36. The lowest BCUT2D eigenvalue weighted by Gasteiger charge is -2.11. The van der Waals surface area contributed by atoms with E-state index in [1.807, 2.05) is 0 Å². The second kappa shape index (κ2) is 4.48. The first kappa shape index (κ1) is 11.1. The molecular weight excluding hydrogens is 188 g/mol. The Morgan fingerprint density at radius 1 is 1.43 bits per heavy atom. The van der Waals surface area contributed by atoms with Crippen molar-refractivity contribution in [3.63, 3.8) is 0 Å². The SMILES string of the molecule is Cc1c(CC(N)CO)ccc(F)c1F. The second-order valence-corrected chi connectivity index (χ2v) is 3.29. The molecule has 0 aliphatic rings. The Labute approximate surface area is 81.4 Å².